The lowest BCUT2D eigenvalue weighted by Gasteiger charge is -2.23. The highest BCUT2D eigenvalue weighted by molar-refractivity contribution is 7.99. The van der Waals surface area contributed by atoms with Crippen LogP contribution in [0.4, 0.5) is 4.79 Å². The number of thioether (sulfide) groups is 1. The van der Waals surface area contributed by atoms with Crippen molar-refractivity contribution in [1.29, 1.82) is 0 Å². The molecule has 2 unspecified atom stereocenters. The van der Waals surface area contributed by atoms with Crippen LogP contribution in [0.25, 0.3) is 0 Å². The third-order valence-electron chi connectivity index (χ3n) is 4.88. The summed E-state index contributed by atoms with van der Waals surface area (Å²) in [7, 11) is 0. The van der Waals surface area contributed by atoms with Crippen LogP contribution in [0.15, 0.2) is 18.2 Å². The smallest absolute Gasteiger partial charge is 0.315 e. The van der Waals surface area contributed by atoms with Crippen molar-refractivity contribution < 1.29 is 9.90 Å². The summed E-state index contributed by atoms with van der Waals surface area (Å²) in [6.45, 7) is 2.33. The Morgan fingerprint density at radius 2 is 2.13 bits per heavy atom. The molecule has 1 fully saturated rings. The molecule has 1 saturated heterocycles. The number of aryl methyl sites for hydroxylation is 2. The second-order valence-corrected chi connectivity index (χ2v) is 7.92. The molecule has 0 saturated carbocycles. The van der Waals surface area contributed by atoms with Crippen LogP contribution in [0.1, 0.15) is 48.9 Å². The van der Waals surface area contributed by atoms with E-state index in [1.807, 2.05) is 6.92 Å². The second kappa shape index (κ2) is 7.14. The van der Waals surface area contributed by atoms with Crippen LogP contribution in [0.2, 0.25) is 0 Å². The van der Waals surface area contributed by atoms with E-state index in [1.54, 1.807) is 11.8 Å². The van der Waals surface area contributed by atoms with Crippen LogP contribution in [0.5, 0.6) is 0 Å². The number of benzene rings is 1. The Morgan fingerprint density at radius 1 is 1.35 bits per heavy atom. The second-order valence-electron chi connectivity index (χ2n) is 6.81. The first-order valence-corrected chi connectivity index (χ1v) is 9.67. The first-order chi connectivity index (χ1) is 11.1. The van der Waals surface area contributed by atoms with Gasteiger partial charge >= 0.3 is 6.03 Å². The van der Waals surface area contributed by atoms with E-state index in [0.717, 1.165) is 24.2 Å². The van der Waals surface area contributed by atoms with Crippen molar-refractivity contribution in [2.75, 3.05) is 18.1 Å². The number of aliphatic hydroxyl groups is 1. The van der Waals surface area contributed by atoms with Gasteiger partial charge in [-0.2, -0.15) is 11.8 Å². The molecule has 1 heterocycles. The molecule has 2 aliphatic rings. The van der Waals surface area contributed by atoms with Crippen LogP contribution in [0.3, 0.4) is 0 Å². The summed E-state index contributed by atoms with van der Waals surface area (Å²) in [6, 6.07) is 6.32. The zero-order chi connectivity index (χ0) is 16.3. The van der Waals surface area contributed by atoms with Crippen molar-refractivity contribution in [2.24, 2.45) is 0 Å². The number of amides is 2. The van der Waals surface area contributed by atoms with Gasteiger partial charge in [0.1, 0.15) is 0 Å². The SMILES string of the molecule is CC(NC(=O)NCC1(O)CCSC1)c1ccc2c(c1)CCCC2. The number of hydrogen-bond acceptors (Lipinski definition) is 3. The van der Waals surface area contributed by atoms with E-state index in [4.69, 9.17) is 0 Å². The van der Waals surface area contributed by atoms with Gasteiger partial charge in [0.2, 0.25) is 0 Å². The molecule has 1 aromatic rings. The van der Waals surface area contributed by atoms with Crippen molar-refractivity contribution >= 4 is 17.8 Å². The standard InChI is InChI=1S/C18H26N2O2S/c1-13(15-7-6-14-4-2-3-5-16(14)10-15)20-17(21)19-11-18(22)8-9-23-12-18/h6-7,10,13,22H,2-5,8-9,11-12H2,1H3,(H2,19,20,21). The maximum absolute atomic E-state index is 12.1. The Labute approximate surface area is 142 Å². The maximum Gasteiger partial charge on any atom is 0.315 e. The summed E-state index contributed by atoms with van der Waals surface area (Å²) < 4.78 is 0. The van der Waals surface area contributed by atoms with Crippen LogP contribution >= 0.6 is 11.8 Å². The van der Waals surface area contributed by atoms with E-state index >= 15 is 0 Å². The normalized spacial score (nSPS) is 24.8. The first-order valence-electron chi connectivity index (χ1n) is 8.52. The van der Waals surface area contributed by atoms with Gasteiger partial charge in [0.25, 0.3) is 0 Å². The molecule has 4 nitrogen and oxygen atoms in total. The number of hydrogen-bond donors (Lipinski definition) is 3. The molecule has 1 aliphatic heterocycles. The molecule has 1 aromatic carbocycles. The van der Waals surface area contributed by atoms with Gasteiger partial charge in [-0.1, -0.05) is 18.2 Å². The Hall–Kier alpha value is -1.20. The van der Waals surface area contributed by atoms with Crippen LogP contribution < -0.4 is 10.6 Å². The molecule has 3 rings (SSSR count). The number of carbonyl (C=O) groups excluding carboxylic acids is 1. The molecule has 0 spiro atoms. The van der Waals surface area contributed by atoms with E-state index in [9.17, 15) is 9.90 Å². The van der Waals surface area contributed by atoms with E-state index in [-0.39, 0.29) is 12.1 Å². The lowest BCUT2D eigenvalue weighted by molar-refractivity contribution is 0.0699. The molecule has 23 heavy (non-hydrogen) atoms. The number of carbonyl (C=O) groups is 1. The van der Waals surface area contributed by atoms with Gasteiger partial charge in [-0.05, 0) is 61.5 Å². The number of nitrogens with one attached hydrogen (secondary N) is 2. The van der Waals surface area contributed by atoms with Gasteiger partial charge in [-0.15, -0.1) is 0 Å². The predicted octanol–water partition coefficient (Wildman–Crippen LogP) is 2.79. The Kier molecular flexibility index (Phi) is 5.17. The average Bonchev–Trinajstić information content (AvgIpc) is 2.99. The monoisotopic (exact) mass is 334 g/mol. The molecule has 3 N–H and O–H groups in total. The van der Waals surface area contributed by atoms with E-state index in [2.05, 4.69) is 28.8 Å². The van der Waals surface area contributed by atoms with Gasteiger partial charge in [-0.3, -0.25) is 0 Å². The summed E-state index contributed by atoms with van der Waals surface area (Å²) in [5.74, 6) is 1.67. The van der Waals surface area contributed by atoms with E-state index in [1.165, 1.54) is 30.4 Å². The number of rotatable bonds is 4. The van der Waals surface area contributed by atoms with Crippen molar-refractivity contribution in [1.82, 2.24) is 10.6 Å². The first kappa shape index (κ1) is 16.7. The van der Waals surface area contributed by atoms with Crippen molar-refractivity contribution in [3.05, 3.63) is 34.9 Å². The van der Waals surface area contributed by atoms with Gasteiger partial charge in [0.15, 0.2) is 0 Å². The average molecular weight is 334 g/mol. The molecule has 2 amide bonds. The van der Waals surface area contributed by atoms with Crippen LogP contribution in [-0.4, -0.2) is 34.8 Å². The topological polar surface area (TPSA) is 61.4 Å². The molecule has 0 bridgehead atoms. The minimum absolute atomic E-state index is 0.0326. The highest BCUT2D eigenvalue weighted by Gasteiger charge is 2.32. The van der Waals surface area contributed by atoms with Crippen molar-refractivity contribution in [3.63, 3.8) is 0 Å². The summed E-state index contributed by atoms with van der Waals surface area (Å²) in [5, 5.41) is 16.1. The summed E-state index contributed by atoms with van der Waals surface area (Å²) >= 11 is 1.73. The third-order valence-corrected chi connectivity index (χ3v) is 6.11. The molecule has 0 radical (unpaired) electrons. The Balaban J connectivity index is 1.53. The Bertz CT molecular complexity index is 570. The molecular weight excluding hydrogens is 308 g/mol. The molecule has 126 valence electrons. The minimum Gasteiger partial charge on any atom is -0.387 e. The fourth-order valence-corrected chi connectivity index (χ4v) is 4.63. The summed E-state index contributed by atoms with van der Waals surface area (Å²) in [4.78, 5) is 12.1. The van der Waals surface area contributed by atoms with Crippen molar-refractivity contribution in [3.8, 4) is 0 Å². The molecule has 0 aromatic heterocycles. The molecule has 2 atom stereocenters. The Morgan fingerprint density at radius 3 is 2.87 bits per heavy atom. The molecule has 5 heteroatoms. The van der Waals surface area contributed by atoms with E-state index in [0.29, 0.717) is 12.3 Å². The maximum atomic E-state index is 12.1. The van der Waals surface area contributed by atoms with Gasteiger partial charge < -0.3 is 15.7 Å². The largest absolute Gasteiger partial charge is 0.387 e. The highest BCUT2D eigenvalue weighted by Crippen LogP contribution is 2.27. The highest BCUT2D eigenvalue weighted by atomic mass is 32.2. The molecular formula is C18H26N2O2S. The lowest BCUT2D eigenvalue weighted by atomic mass is 9.89. The predicted molar refractivity (Wildman–Crippen MR) is 94.9 cm³/mol. The van der Waals surface area contributed by atoms with E-state index < -0.39 is 5.60 Å². The third kappa shape index (κ3) is 4.21. The van der Waals surface area contributed by atoms with Gasteiger partial charge in [0, 0.05) is 12.3 Å². The fraction of sp³-hybridized carbons (Fsp3) is 0.611. The summed E-state index contributed by atoms with van der Waals surface area (Å²) in [6.07, 6.45) is 5.61. The van der Waals surface area contributed by atoms with Crippen molar-refractivity contribution in [2.45, 2.75) is 50.7 Å². The number of urea groups is 1. The van der Waals surface area contributed by atoms with Gasteiger partial charge in [-0.25, -0.2) is 4.79 Å². The fourth-order valence-electron chi connectivity index (χ4n) is 3.33. The molecule has 1 aliphatic carbocycles. The van der Waals surface area contributed by atoms with Gasteiger partial charge in [0.05, 0.1) is 11.6 Å². The summed E-state index contributed by atoms with van der Waals surface area (Å²) in [5.41, 5.74) is 3.30. The number of fused-ring (bicyclic) bond motifs is 1. The zero-order valence-electron chi connectivity index (χ0n) is 13.7. The van der Waals surface area contributed by atoms with Crippen LogP contribution in [0, 0.1) is 0 Å². The van der Waals surface area contributed by atoms with Crippen LogP contribution in [-0.2, 0) is 12.8 Å². The lowest BCUT2D eigenvalue weighted by Crippen LogP contribution is -2.46. The minimum atomic E-state index is -0.739. The quantitative estimate of drug-likeness (QED) is 0.793. The zero-order valence-corrected chi connectivity index (χ0v) is 14.5.